The highest BCUT2D eigenvalue weighted by Gasteiger charge is 2.27. The van der Waals surface area contributed by atoms with Gasteiger partial charge in [0.1, 0.15) is 0 Å². The fraction of sp³-hybridized carbons (Fsp3) is 0.909. The fourth-order valence-corrected chi connectivity index (χ4v) is 2.57. The molecule has 0 bridgehead atoms. The van der Waals surface area contributed by atoms with Crippen molar-refractivity contribution < 1.29 is 9.53 Å². The predicted octanol–water partition coefficient (Wildman–Crippen LogP) is 0.422. The van der Waals surface area contributed by atoms with E-state index in [1.165, 1.54) is 19.3 Å². The number of ether oxygens (including phenoxy) is 1. The van der Waals surface area contributed by atoms with Gasteiger partial charge in [-0.15, -0.1) is 0 Å². The Labute approximate surface area is 90.8 Å². The Morgan fingerprint density at radius 2 is 2.27 bits per heavy atom. The summed E-state index contributed by atoms with van der Waals surface area (Å²) in [6.07, 6.45) is 5.74. The predicted molar refractivity (Wildman–Crippen MR) is 57.6 cm³/mol. The van der Waals surface area contributed by atoms with Gasteiger partial charge in [0.25, 0.3) is 0 Å². The van der Waals surface area contributed by atoms with Crippen molar-refractivity contribution in [1.82, 2.24) is 10.6 Å². The Morgan fingerprint density at radius 1 is 1.40 bits per heavy atom. The van der Waals surface area contributed by atoms with Gasteiger partial charge in [-0.25, -0.2) is 0 Å². The van der Waals surface area contributed by atoms with Gasteiger partial charge in [-0.2, -0.15) is 0 Å². The summed E-state index contributed by atoms with van der Waals surface area (Å²) in [5.41, 5.74) is 0. The molecule has 1 saturated carbocycles. The van der Waals surface area contributed by atoms with Crippen molar-refractivity contribution in [1.29, 1.82) is 0 Å². The minimum Gasteiger partial charge on any atom is -0.381 e. The maximum atomic E-state index is 11.0. The highest BCUT2D eigenvalue weighted by molar-refractivity contribution is 5.78. The summed E-state index contributed by atoms with van der Waals surface area (Å²) >= 11 is 0. The van der Waals surface area contributed by atoms with Crippen LogP contribution in [-0.2, 0) is 9.53 Å². The first-order valence-corrected chi connectivity index (χ1v) is 5.83. The van der Waals surface area contributed by atoms with Crippen molar-refractivity contribution in [2.24, 2.45) is 0 Å². The van der Waals surface area contributed by atoms with E-state index < -0.39 is 0 Å². The largest absolute Gasteiger partial charge is 0.381 e. The van der Waals surface area contributed by atoms with Gasteiger partial charge in [0.05, 0.1) is 6.10 Å². The van der Waals surface area contributed by atoms with Gasteiger partial charge in [0.2, 0.25) is 5.91 Å². The molecule has 2 N–H and O–H groups in total. The summed E-state index contributed by atoms with van der Waals surface area (Å²) in [5, 5.41) is 6.40. The Kier molecular flexibility index (Phi) is 3.59. The van der Waals surface area contributed by atoms with Gasteiger partial charge in [-0.05, 0) is 25.7 Å². The summed E-state index contributed by atoms with van der Waals surface area (Å²) in [5.74, 6) is 0.173. The third-order valence-corrected chi connectivity index (χ3v) is 3.41. The lowest BCUT2D eigenvalue weighted by Crippen LogP contribution is -2.43. The normalized spacial score (nSPS) is 36.6. The second-order valence-electron chi connectivity index (χ2n) is 4.59. The molecular weight excluding hydrogens is 192 g/mol. The van der Waals surface area contributed by atoms with E-state index >= 15 is 0 Å². The lowest BCUT2D eigenvalue weighted by Gasteiger charge is -2.30. The highest BCUT2D eigenvalue weighted by Crippen LogP contribution is 2.21. The molecule has 4 heteroatoms. The third kappa shape index (κ3) is 2.92. The molecular formula is C11H20N2O2. The number of rotatable bonds is 3. The average Bonchev–Trinajstić information content (AvgIpc) is 2.64. The molecule has 1 saturated heterocycles. The summed E-state index contributed by atoms with van der Waals surface area (Å²) in [6, 6.07) is 0.861. The molecule has 0 spiro atoms. The average molecular weight is 212 g/mol. The van der Waals surface area contributed by atoms with Gasteiger partial charge in [-0.3, -0.25) is 4.79 Å². The molecule has 1 aliphatic heterocycles. The third-order valence-electron chi connectivity index (χ3n) is 3.41. The molecule has 2 fully saturated rings. The number of carbonyl (C=O) groups excluding carboxylic acids is 1. The fourth-order valence-electron chi connectivity index (χ4n) is 2.57. The number of methoxy groups -OCH3 is 1. The van der Waals surface area contributed by atoms with Gasteiger partial charge in [0.15, 0.2) is 0 Å². The summed E-state index contributed by atoms with van der Waals surface area (Å²) in [7, 11) is 1.79. The van der Waals surface area contributed by atoms with Crippen LogP contribution in [0.15, 0.2) is 0 Å². The number of hydrogen-bond acceptors (Lipinski definition) is 3. The van der Waals surface area contributed by atoms with Crippen molar-refractivity contribution >= 4 is 5.91 Å². The van der Waals surface area contributed by atoms with E-state index in [1.54, 1.807) is 7.11 Å². The zero-order valence-electron chi connectivity index (χ0n) is 9.29. The Hall–Kier alpha value is -0.610. The van der Waals surface area contributed by atoms with E-state index in [2.05, 4.69) is 10.6 Å². The molecule has 1 heterocycles. The highest BCUT2D eigenvalue weighted by atomic mass is 16.5. The smallest absolute Gasteiger partial charge is 0.221 e. The Balaban J connectivity index is 1.76. The van der Waals surface area contributed by atoms with Crippen LogP contribution in [0.3, 0.4) is 0 Å². The molecule has 86 valence electrons. The monoisotopic (exact) mass is 212 g/mol. The zero-order valence-corrected chi connectivity index (χ0v) is 9.29. The molecule has 2 aliphatic rings. The molecule has 0 aromatic rings. The summed E-state index contributed by atoms with van der Waals surface area (Å²) in [4.78, 5) is 11.0. The summed E-state index contributed by atoms with van der Waals surface area (Å²) in [6.45, 7) is 0.785. The van der Waals surface area contributed by atoms with Crippen LogP contribution in [0.25, 0.3) is 0 Å². The van der Waals surface area contributed by atoms with Crippen LogP contribution >= 0.6 is 0 Å². The zero-order chi connectivity index (χ0) is 10.7. The lowest BCUT2D eigenvalue weighted by molar-refractivity contribution is -0.119. The number of hydrogen-bond donors (Lipinski definition) is 2. The first-order valence-electron chi connectivity index (χ1n) is 5.83. The molecule has 3 unspecified atom stereocenters. The molecule has 15 heavy (non-hydrogen) atoms. The van der Waals surface area contributed by atoms with Crippen molar-refractivity contribution in [2.75, 3.05) is 13.7 Å². The maximum Gasteiger partial charge on any atom is 0.221 e. The SMILES string of the molecule is COC1CCCC(NC2CNC(=O)C2)C1. The van der Waals surface area contributed by atoms with Gasteiger partial charge in [0, 0.05) is 32.2 Å². The molecule has 0 aromatic heterocycles. The van der Waals surface area contributed by atoms with Crippen LogP contribution in [0.5, 0.6) is 0 Å². The van der Waals surface area contributed by atoms with Crippen LogP contribution in [0, 0.1) is 0 Å². The van der Waals surface area contributed by atoms with Crippen LogP contribution < -0.4 is 10.6 Å². The standard InChI is InChI=1S/C11H20N2O2/c1-15-10-4-2-3-8(5-10)13-9-6-11(14)12-7-9/h8-10,13H,2-7H2,1H3,(H,12,14). The topological polar surface area (TPSA) is 50.4 Å². The Morgan fingerprint density at radius 3 is 2.93 bits per heavy atom. The van der Waals surface area contributed by atoms with E-state index in [0.29, 0.717) is 24.6 Å². The van der Waals surface area contributed by atoms with E-state index in [1.807, 2.05) is 0 Å². The molecule has 2 rings (SSSR count). The molecule has 1 amide bonds. The Bertz CT molecular complexity index is 233. The quantitative estimate of drug-likeness (QED) is 0.713. The molecule has 1 aliphatic carbocycles. The van der Waals surface area contributed by atoms with Crippen LogP contribution in [0.1, 0.15) is 32.1 Å². The molecule has 3 atom stereocenters. The first kappa shape index (κ1) is 10.9. The van der Waals surface area contributed by atoms with E-state index in [-0.39, 0.29) is 5.91 Å². The first-order chi connectivity index (χ1) is 7.28. The molecule has 4 nitrogen and oxygen atoms in total. The van der Waals surface area contributed by atoms with E-state index in [4.69, 9.17) is 4.74 Å². The number of amides is 1. The van der Waals surface area contributed by atoms with Crippen LogP contribution in [-0.4, -0.2) is 37.7 Å². The van der Waals surface area contributed by atoms with Crippen LogP contribution in [0.4, 0.5) is 0 Å². The van der Waals surface area contributed by atoms with Crippen molar-refractivity contribution in [2.45, 2.75) is 50.3 Å². The molecule has 0 aromatic carbocycles. The van der Waals surface area contributed by atoms with Gasteiger partial charge >= 0.3 is 0 Å². The van der Waals surface area contributed by atoms with Crippen LogP contribution in [0.2, 0.25) is 0 Å². The van der Waals surface area contributed by atoms with E-state index in [9.17, 15) is 4.79 Å². The summed E-state index contributed by atoms with van der Waals surface area (Å²) < 4.78 is 5.38. The number of carbonyl (C=O) groups is 1. The van der Waals surface area contributed by atoms with E-state index in [0.717, 1.165) is 13.0 Å². The number of nitrogens with one attached hydrogen (secondary N) is 2. The lowest BCUT2D eigenvalue weighted by atomic mass is 9.92. The van der Waals surface area contributed by atoms with Gasteiger partial charge < -0.3 is 15.4 Å². The van der Waals surface area contributed by atoms with Crippen molar-refractivity contribution in [3.05, 3.63) is 0 Å². The molecule has 0 radical (unpaired) electrons. The maximum absolute atomic E-state index is 11.0. The van der Waals surface area contributed by atoms with Crippen molar-refractivity contribution in [3.8, 4) is 0 Å². The minimum absolute atomic E-state index is 0.173. The van der Waals surface area contributed by atoms with Gasteiger partial charge in [-0.1, -0.05) is 0 Å². The van der Waals surface area contributed by atoms with Crippen molar-refractivity contribution in [3.63, 3.8) is 0 Å². The minimum atomic E-state index is 0.173. The second-order valence-corrected chi connectivity index (χ2v) is 4.59. The second kappa shape index (κ2) is 4.94.